The van der Waals surface area contributed by atoms with Crippen LogP contribution in [0.2, 0.25) is 0 Å². The normalized spacial score (nSPS) is 13.5. The Kier molecular flexibility index (Phi) is 4.89. The Labute approximate surface area is 107 Å². The highest BCUT2D eigenvalue weighted by Gasteiger charge is 2.48. The summed E-state index contributed by atoms with van der Waals surface area (Å²) in [6.45, 7) is 3.70. The van der Waals surface area contributed by atoms with E-state index >= 15 is 0 Å². The molecule has 0 amide bonds. The number of benzene rings is 1. The third kappa shape index (κ3) is 2.37. The van der Waals surface area contributed by atoms with E-state index in [0.29, 0.717) is 12.0 Å². The fourth-order valence-electron chi connectivity index (χ4n) is 1.96. The van der Waals surface area contributed by atoms with Crippen molar-refractivity contribution >= 4 is 11.9 Å². The van der Waals surface area contributed by atoms with Gasteiger partial charge in [-0.15, -0.1) is 0 Å². The van der Waals surface area contributed by atoms with Gasteiger partial charge in [0, 0.05) is 0 Å². The van der Waals surface area contributed by atoms with Crippen molar-refractivity contribution in [3.63, 3.8) is 0 Å². The van der Waals surface area contributed by atoms with Crippen molar-refractivity contribution in [3.8, 4) is 0 Å². The van der Waals surface area contributed by atoms with Crippen LogP contribution in [0, 0.1) is 0 Å². The first-order valence-electron chi connectivity index (χ1n) is 5.94. The van der Waals surface area contributed by atoms with E-state index in [1.54, 1.807) is 38.1 Å². The molecule has 0 unspecified atom stereocenters. The van der Waals surface area contributed by atoms with Crippen LogP contribution in [0.15, 0.2) is 30.3 Å². The van der Waals surface area contributed by atoms with Crippen LogP contribution < -0.4 is 0 Å². The SMILES string of the molecule is CCOC(=O)[C@](CC)(C(=O)OC)c1ccccc1. The predicted octanol–water partition coefficient (Wildman–Crippen LogP) is 2.07. The highest BCUT2D eigenvalue weighted by Crippen LogP contribution is 2.31. The Morgan fingerprint density at radius 1 is 1.11 bits per heavy atom. The van der Waals surface area contributed by atoms with Crippen molar-refractivity contribution < 1.29 is 19.1 Å². The molecule has 0 saturated heterocycles. The minimum absolute atomic E-state index is 0.227. The number of rotatable bonds is 5. The number of methoxy groups -OCH3 is 1. The minimum atomic E-state index is -1.37. The van der Waals surface area contributed by atoms with Gasteiger partial charge in [-0.2, -0.15) is 0 Å². The molecule has 0 spiro atoms. The summed E-state index contributed by atoms with van der Waals surface area (Å²) in [6, 6.07) is 8.85. The Morgan fingerprint density at radius 2 is 1.72 bits per heavy atom. The van der Waals surface area contributed by atoms with Gasteiger partial charge in [-0.05, 0) is 18.9 Å². The van der Waals surface area contributed by atoms with E-state index in [0.717, 1.165) is 0 Å². The molecule has 0 radical (unpaired) electrons. The summed E-state index contributed by atoms with van der Waals surface area (Å²) < 4.78 is 9.82. The molecule has 0 saturated carbocycles. The molecule has 1 atom stereocenters. The van der Waals surface area contributed by atoms with Crippen molar-refractivity contribution in [1.29, 1.82) is 0 Å². The number of esters is 2. The fourth-order valence-corrected chi connectivity index (χ4v) is 1.96. The molecule has 4 heteroatoms. The Morgan fingerprint density at radius 3 is 2.17 bits per heavy atom. The molecule has 0 heterocycles. The van der Waals surface area contributed by atoms with Gasteiger partial charge in [0.25, 0.3) is 0 Å². The van der Waals surface area contributed by atoms with Gasteiger partial charge in [0.15, 0.2) is 5.41 Å². The number of hydrogen-bond donors (Lipinski definition) is 0. The monoisotopic (exact) mass is 250 g/mol. The number of carbonyl (C=O) groups excluding carboxylic acids is 2. The molecule has 0 bridgehead atoms. The van der Waals surface area contributed by atoms with Crippen molar-refractivity contribution in [2.45, 2.75) is 25.7 Å². The average Bonchev–Trinajstić information content (AvgIpc) is 2.41. The van der Waals surface area contributed by atoms with Gasteiger partial charge in [0.2, 0.25) is 0 Å². The van der Waals surface area contributed by atoms with E-state index in [1.807, 2.05) is 6.07 Å². The van der Waals surface area contributed by atoms with Crippen LogP contribution in [-0.4, -0.2) is 25.7 Å². The predicted molar refractivity (Wildman–Crippen MR) is 67.1 cm³/mol. The summed E-state index contributed by atoms with van der Waals surface area (Å²) in [7, 11) is 1.27. The molecule has 0 aliphatic rings. The van der Waals surface area contributed by atoms with Gasteiger partial charge in [-0.3, -0.25) is 9.59 Å². The molecule has 98 valence electrons. The Hall–Kier alpha value is -1.84. The van der Waals surface area contributed by atoms with E-state index in [2.05, 4.69) is 0 Å². The number of ether oxygens (including phenoxy) is 2. The van der Waals surface area contributed by atoms with Gasteiger partial charge in [-0.25, -0.2) is 0 Å². The third-order valence-corrected chi connectivity index (χ3v) is 2.95. The summed E-state index contributed by atoms with van der Waals surface area (Å²) in [4.78, 5) is 24.2. The van der Waals surface area contributed by atoms with Crippen molar-refractivity contribution in [1.82, 2.24) is 0 Å². The zero-order chi connectivity index (χ0) is 13.6. The average molecular weight is 250 g/mol. The topological polar surface area (TPSA) is 52.6 Å². The van der Waals surface area contributed by atoms with Gasteiger partial charge in [-0.1, -0.05) is 37.3 Å². The lowest BCUT2D eigenvalue weighted by atomic mass is 9.78. The van der Waals surface area contributed by atoms with Gasteiger partial charge >= 0.3 is 11.9 Å². The van der Waals surface area contributed by atoms with Gasteiger partial charge in [0.05, 0.1) is 13.7 Å². The minimum Gasteiger partial charge on any atom is -0.468 e. The van der Waals surface area contributed by atoms with E-state index in [4.69, 9.17) is 9.47 Å². The van der Waals surface area contributed by atoms with Crippen LogP contribution in [0.3, 0.4) is 0 Å². The molecule has 1 rings (SSSR count). The van der Waals surface area contributed by atoms with Crippen LogP contribution in [0.4, 0.5) is 0 Å². The molecule has 0 fully saturated rings. The smallest absolute Gasteiger partial charge is 0.328 e. The summed E-state index contributed by atoms with van der Waals surface area (Å²) >= 11 is 0. The largest absolute Gasteiger partial charge is 0.468 e. The first-order chi connectivity index (χ1) is 8.63. The maximum Gasteiger partial charge on any atom is 0.328 e. The lowest BCUT2D eigenvalue weighted by molar-refractivity contribution is -0.163. The molecular formula is C14H18O4. The molecule has 4 nitrogen and oxygen atoms in total. The molecule has 0 aliphatic carbocycles. The fraction of sp³-hybridized carbons (Fsp3) is 0.429. The Bertz CT molecular complexity index is 413. The summed E-state index contributed by atoms with van der Waals surface area (Å²) in [6.07, 6.45) is 0.294. The molecule has 18 heavy (non-hydrogen) atoms. The standard InChI is InChI=1S/C14H18O4/c1-4-14(12(15)17-3,13(16)18-5-2)11-9-7-6-8-10-11/h6-10H,4-5H2,1-3H3/t14-/m0/s1. The van der Waals surface area contributed by atoms with E-state index < -0.39 is 17.4 Å². The van der Waals surface area contributed by atoms with Crippen LogP contribution >= 0.6 is 0 Å². The Balaban J connectivity index is 3.32. The number of hydrogen-bond acceptors (Lipinski definition) is 4. The zero-order valence-corrected chi connectivity index (χ0v) is 10.9. The van der Waals surface area contributed by atoms with Crippen LogP contribution in [0.25, 0.3) is 0 Å². The van der Waals surface area contributed by atoms with Crippen molar-refractivity contribution in [3.05, 3.63) is 35.9 Å². The molecule has 1 aromatic carbocycles. The third-order valence-electron chi connectivity index (χ3n) is 2.95. The highest BCUT2D eigenvalue weighted by molar-refractivity contribution is 6.06. The summed E-state index contributed by atoms with van der Waals surface area (Å²) in [5.41, 5.74) is -0.774. The zero-order valence-electron chi connectivity index (χ0n) is 10.9. The van der Waals surface area contributed by atoms with Gasteiger partial charge in [0.1, 0.15) is 0 Å². The van der Waals surface area contributed by atoms with E-state index in [9.17, 15) is 9.59 Å². The quantitative estimate of drug-likeness (QED) is 0.593. The van der Waals surface area contributed by atoms with Crippen LogP contribution in [0.1, 0.15) is 25.8 Å². The first-order valence-corrected chi connectivity index (χ1v) is 5.94. The van der Waals surface area contributed by atoms with Crippen LogP contribution in [0.5, 0.6) is 0 Å². The molecular weight excluding hydrogens is 232 g/mol. The lowest BCUT2D eigenvalue weighted by Gasteiger charge is -2.27. The van der Waals surface area contributed by atoms with Crippen molar-refractivity contribution in [2.75, 3.05) is 13.7 Å². The van der Waals surface area contributed by atoms with Crippen molar-refractivity contribution in [2.24, 2.45) is 0 Å². The number of carbonyl (C=O) groups is 2. The second-order valence-electron chi connectivity index (χ2n) is 3.84. The maximum absolute atomic E-state index is 12.2. The maximum atomic E-state index is 12.2. The van der Waals surface area contributed by atoms with Gasteiger partial charge < -0.3 is 9.47 Å². The summed E-state index contributed by atoms with van der Waals surface area (Å²) in [5.74, 6) is -1.15. The van der Waals surface area contributed by atoms with E-state index in [-0.39, 0.29) is 6.61 Å². The lowest BCUT2D eigenvalue weighted by Crippen LogP contribution is -2.45. The van der Waals surface area contributed by atoms with Crippen LogP contribution in [-0.2, 0) is 24.5 Å². The molecule has 0 aromatic heterocycles. The first kappa shape index (κ1) is 14.2. The van der Waals surface area contributed by atoms with E-state index in [1.165, 1.54) is 7.11 Å². The summed E-state index contributed by atoms with van der Waals surface area (Å²) in [5, 5.41) is 0. The second-order valence-corrected chi connectivity index (χ2v) is 3.84. The highest BCUT2D eigenvalue weighted by atomic mass is 16.6. The molecule has 0 N–H and O–H groups in total. The molecule has 0 aliphatic heterocycles. The second kappa shape index (κ2) is 6.19. The molecule has 1 aromatic rings.